The van der Waals surface area contributed by atoms with E-state index in [1.54, 1.807) is 0 Å². The summed E-state index contributed by atoms with van der Waals surface area (Å²) in [7, 11) is 0. The van der Waals surface area contributed by atoms with Crippen LogP contribution in [-0.4, -0.2) is 35.4 Å². The monoisotopic (exact) mass is 386 g/mol. The van der Waals surface area contributed by atoms with Crippen molar-refractivity contribution < 1.29 is 9.21 Å². The van der Waals surface area contributed by atoms with Crippen LogP contribution in [0.1, 0.15) is 89.1 Å². The molecular formula is C22H34N4O2. The standard InChI is InChI=1S/C22H34N4O2/c1-3-4-7-17-8-10-18(11-9-17)21-25-19(13-23)22(28-21)24-14-20(27)26-12-5-6-16(2)15-26/h16-18,24H,3-12,14-15H2,1-2H3/t16-,17?,18?/m1/s1. The molecular weight excluding hydrogens is 352 g/mol. The van der Waals surface area contributed by atoms with E-state index in [1.165, 1.54) is 38.5 Å². The molecule has 0 unspecified atom stereocenters. The van der Waals surface area contributed by atoms with E-state index in [0.717, 1.165) is 38.3 Å². The highest BCUT2D eigenvalue weighted by Gasteiger charge is 2.27. The lowest BCUT2D eigenvalue weighted by Gasteiger charge is -2.31. The Morgan fingerprint density at radius 3 is 2.79 bits per heavy atom. The smallest absolute Gasteiger partial charge is 0.241 e. The van der Waals surface area contributed by atoms with Gasteiger partial charge in [-0.05, 0) is 50.4 Å². The van der Waals surface area contributed by atoms with Gasteiger partial charge in [-0.2, -0.15) is 5.26 Å². The van der Waals surface area contributed by atoms with E-state index < -0.39 is 0 Å². The molecule has 0 aromatic carbocycles. The van der Waals surface area contributed by atoms with E-state index in [0.29, 0.717) is 23.6 Å². The Labute approximate surface area is 168 Å². The number of oxazole rings is 1. The lowest BCUT2D eigenvalue weighted by molar-refractivity contribution is -0.130. The zero-order valence-corrected chi connectivity index (χ0v) is 17.4. The first-order valence-electron chi connectivity index (χ1n) is 11.0. The summed E-state index contributed by atoms with van der Waals surface area (Å²) in [5.74, 6) is 2.74. The highest BCUT2D eigenvalue weighted by molar-refractivity contribution is 5.80. The number of rotatable bonds is 7. The molecule has 6 nitrogen and oxygen atoms in total. The minimum absolute atomic E-state index is 0.0600. The van der Waals surface area contributed by atoms with Crippen molar-refractivity contribution in [1.82, 2.24) is 9.88 Å². The molecule has 1 aromatic rings. The van der Waals surface area contributed by atoms with Gasteiger partial charge in [-0.25, -0.2) is 4.98 Å². The second-order valence-electron chi connectivity index (χ2n) is 8.64. The first kappa shape index (κ1) is 20.7. The van der Waals surface area contributed by atoms with Gasteiger partial charge in [0.25, 0.3) is 0 Å². The molecule has 2 aliphatic rings. The van der Waals surface area contributed by atoms with Gasteiger partial charge >= 0.3 is 0 Å². The van der Waals surface area contributed by atoms with Crippen LogP contribution in [-0.2, 0) is 4.79 Å². The third-order valence-electron chi connectivity index (χ3n) is 6.32. The number of likely N-dealkylation sites (tertiary alicyclic amines) is 1. The Morgan fingerprint density at radius 2 is 2.11 bits per heavy atom. The molecule has 1 saturated carbocycles. The van der Waals surface area contributed by atoms with Crippen molar-refractivity contribution in [3.05, 3.63) is 11.6 Å². The average Bonchev–Trinajstić information content (AvgIpc) is 3.14. The molecule has 0 radical (unpaired) electrons. The predicted octanol–water partition coefficient (Wildman–Crippen LogP) is 4.68. The summed E-state index contributed by atoms with van der Waals surface area (Å²) in [5.41, 5.74) is 0.267. The molecule has 0 bridgehead atoms. The van der Waals surface area contributed by atoms with Crippen LogP contribution < -0.4 is 5.32 Å². The molecule has 154 valence electrons. The number of nitrogens with zero attached hydrogens (tertiary/aromatic N) is 3. The van der Waals surface area contributed by atoms with E-state index in [9.17, 15) is 10.1 Å². The van der Waals surface area contributed by atoms with Crippen LogP contribution >= 0.6 is 0 Å². The van der Waals surface area contributed by atoms with Gasteiger partial charge in [0, 0.05) is 19.0 Å². The summed E-state index contributed by atoms with van der Waals surface area (Å²) in [6.45, 7) is 6.21. The third kappa shape index (κ3) is 5.27. The van der Waals surface area contributed by atoms with Crippen LogP contribution in [0, 0.1) is 23.2 Å². The van der Waals surface area contributed by atoms with Crippen LogP contribution in [0.4, 0.5) is 5.88 Å². The fraction of sp³-hybridized carbons (Fsp3) is 0.773. The van der Waals surface area contributed by atoms with Crippen LogP contribution in [0.25, 0.3) is 0 Å². The molecule has 1 N–H and O–H groups in total. The number of unbranched alkanes of at least 4 members (excludes halogenated alkanes) is 1. The van der Waals surface area contributed by atoms with E-state index >= 15 is 0 Å². The molecule has 2 heterocycles. The number of hydrogen-bond donors (Lipinski definition) is 1. The van der Waals surface area contributed by atoms with Gasteiger partial charge in [0.05, 0.1) is 6.54 Å². The zero-order chi connectivity index (χ0) is 19.9. The number of aromatic nitrogens is 1. The highest BCUT2D eigenvalue weighted by atomic mass is 16.4. The maximum atomic E-state index is 12.5. The molecule has 28 heavy (non-hydrogen) atoms. The summed E-state index contributed by atoms with van der Waals surface area (Å²) in [5, 5.41) is 12.4. The zero-order valence-electron chi connectivity index (χ0n) is 17.4. The van der Waals surface area contributed by atoms with Crippen molar-refractivity contribution in [1.29, 1.82) is 5.26 Å². The molecule has 1 saturated heterocycles. The lowest BCUT2D eigenvalue weighted by atomic mass is 9.80. The normalized spacial score (nSPS) is 25.3. The quantitative estimate of drug-likeness (QED) is 0.736. The summed E-state index contributed by atoms with van der Waals surface area (Å²) < 4.78 is 5.90. The van der Waals surface area contributed by atoms with Crippen molar-refractivity contribution in [2.24, 2.45) is 11.8 Å². The van der Waals surface area contributed by atoms with E-state index in [1.807, 2.05) is 4.90 Å². The van der Waals surface area contributed by atoms with Gasteiger partial charge in [-0.3, -0.25) is 4.79 Å². The fourth-order valence-corrected chi connectivity index (χ4v) is 4.58. The van der Waals surface area contributed by atoms with Crippen LogP contribution in [0.2, 0.25) is 0 Å². The van der Waals surface area contributed by atoms with Gasteiger partial charge < -0.3 is 14.6 Å². The summed E-state index contributed by atoms with van der Waals surface area (Å²) in [6.07, 6.45) is 10.7. The van der Waals surface area contributed by atoms with Crippen molar-refractivity contribution in [3.63, 3.8) is 0 Å². The summed E-state index contributed by atoms with van der Waals surface area (Å²) >= 11 is 0. The molecule has 6 heteroatoms. The molecule has 2 fully saturated rings. The minimum atomic E-state index is 0.0600. The van der Waals surface area contributed by atoms with Gasteiger partial charge in [-0.15, -0.1) is 0 Å². The molecule has 1 aliphatic carbocycles. The number of hydrogen-bond acceptors (Lipinski definition) is 5. The maximum absolute atomic E-state index is 12.5. The number of nitriles is 1. The second kappa shape index (κ2) is 9.95. The molecule has 3 rings (SSSR count). The summed E-state index contributed by atoms with van der Waals surface area (Å²) in [4.78, 5) is 18.8. The number of amides is 1. The van der Waals surface area contributed by atoms with Crippen LogP contribution in [0.15, 0.2) is 4.42 Å². The highest BCUT2D eigenvalue weighted by Crippen LogP contribution is 2.38. The maximum Gasteiger partial charge on any atom is 0.241 e. The third-order valence-corrected chi connectivity index (χ3v) is 6.32. The first-order chi connectivity index (χ1) is 13.6. The average molecular weight is 387 g/mol. The number of carbonyl (C=O) groups is 1. The number of carbonyl (C=O) groups excluding carboxylic acids is 1. The van der Waals surface area contributed by atoms with Crippen LogP contribution in [0.3, 0.4) is 0 Å². The second-order valence-corrected chi connectivity index (χ2v) is 8.64. The van der Waals surface area contributed by atoms with Crippen molar-refractivity contribution in [2.45, 2.75) is 77.6 Å². The van der Waals surface area contributed by atoms with Gasteiger partial charge in [0.2, 0.25) is 23.4 Å². The molecule has 1 aromatic heterocycles. The Hall–Kier alpha value is -2.03. The van der Waals surface area contributed by atoms with Gasteiger partial charge in [-0.1, -0.05) is 33.1 Å². The Kier molecular flexibility index (Phi) is 7.36. The lowest BCUT2D eigenvalue weighted by Crippen LogP contribution is -2.41. The fourth-order valence-electron chi connectivity index (χ4n) is 4.58. The van der Waals surface area contributed by atoms with Crippen molar-refractivity contribution in [2.75, 3.05) is 25.0 Å². The predicted molar refractivity (Wildman–Crippen MR) is 109 cm³/mol. The van der Waals surface area contributed by atoms with E-state index in [4.69, 9.17) is 4.42 Å². The van der Waals surface area contributed by atoms with Crippen molar-refractivity contribution >= 4 is 11.8 Å². The van der Waals surface area contributed by atoms with Crippen LogP contribution in [0.5, 0.6) is 0 Å². The van der Waals surface area contributed by atoms with Gasteiger partial charge in [0.1, 0.15) is 6.07 Å². The minimum Gasteiger partial charge on any atom is -0.424 e. The SMILES string of the molecule is CCCCC1CCC(c2nc(C#N)c(NCC(=O)N3CCC[C@@H](C)C3)o2)CC1. The molecule has 1 atom stereocenters. The topological polar surface area (TPSA) is 82.2 Å². The molecule has 0 spiro atoms. The number of nitrogens with one attached hydrogen (secondary N) is 1. The number of anilines is 1. The largest absolute Gasteiger partial charge is 0.424 e. The van der Waals surface area contributed by atoms with Gasteiger partial charge in [0.15, 0.2) is 0 Å². The summed E-state index contributed by atoms with van der Waals surface area (Å²) in [6, 6.07) is 2.11. The molecule has 1 amide bonds. The number of piperidine rings is 1. The Balaban J connectivity index is 1.54. The first-order valence-corrected chi connectivity index (χ1v) is 11.0. The Morgan fingerprint density at radius 1 is 1.32 bits per heavy atom. The Bertz CT molecular complexity index is 685. The van der Waals surface area contributed by atoms with E-state index in [2.05, 4.69) is 30.2 Å². The van der Waals surface area contributed by atoms with Crippen molar-refractivity contribution in [3.8, 4) is 6.07 Å². The molecule has 1 aliphatic heterocycles. The van der Waals surface area contributed by atoms with E-state index in [-0.39, 0.29) is 18.1 Å².